The van der Waals surface area contributed by atoms with Gasteiger partial charge in [-0.3, -0.25) is 0 Å². The molecule has 3 aromatic carbocycles. The third kappa shape index (κ3) is 3.04. The van der Waals surface area contributed by atoms with E-state index in [0.29, 0.717) is 0 Å². The summed E-state index contributed by atoms with van der Waals surface area (Å²) in [7, 11) is 0. The predicted molar refractivity (Wildman–Crippen MR) is 102 cm³/mol. The van der Waals surface area contributed by atoms with E-state index in [1.807, 2.05) is 0 Å². The maximum absolute atomic E-state index is 3.74. The molecule has 0 heterocycles. The number of benzene rings is 3. The van der Waals surface area contributed by atoms with Crippen LogP contribution in [0, 0.1) is 13.8 Å². The van der Waals surface area contributed by atoms with Gasteiger partial charge in [-0.05, 0) is 37.1 Å². The van der Waals surface area contributed by atoms with Gasteiger partial charge in [0.15, 0.2) is 0 Å². The average Bonchev–Trinajstić information content (AvgIpc) is 2.49. The van der Waals surface area contributed by atoms with Gasteiger partial charge in [-0.2, -0.15) is 0 Å². The Bertz CT molecular complexity index is 764. The summed E-state index contributed by atoms with van der Waals surface area (Å²) in [5, 5.41) is 0. The molecule has 0 aliphatic carbocycles. The fraction of sp³-hybridized carbons (Fsp3) is 0.100. The quantitative estimate of drug-likeness (QED) is 0.416. The lowest BCUT2D eigenvalue weighted by atomic mass is 9.93. The minimum atomic E-state index is 1.11. The maximum Gasteiger partial charge on any atom is 0.0260 e. The first-order chi connectivity index (χ1) is 10.6. The second-order valence-corrected chi connectivity index (χ2v) is 7.23. The molecule has 0 fully saturated rings. The third-order valence-electron chi connectivity index (χ3n) is 3.72. The molecule has 0 aliphatic heterocycles. The topological polar surface area (TPSA) is 0 Å². The summed E-state index contributed by atoms with van der Waals surface area (Å²) in [5.74, 6) is 0. The molecule has 0 amide bonds. The molecule has 0 aliphatic rings. The fourth-order valence-corrected chi connectivity index (χ4v) is 3.84. The molecular formula is C20H16Br2. The van der Waals surface area contributed by atoms with Gasteiger partial charge in [-0.15, -0.1) is 0 Å². The number of aryl methyl sites for hydroxylation is 2. The van der Waals surface area contributed by atoms with Crippen LogP contribution in [0.1, 0.15) is 11.1 Å². The van der Waals surface area contributed by atoms with Crippen molar-refractivity contribution in [1.82, 2.24) is 0 Å². The van der Waals surface area contributed by atoms with Crippen molar-refractivity contribution in [3.05, 3.63) is 80.7 Å². The van der Waals surface area contributed by atoms with Crippen molar-refractivity contribution >= 4 is 31.9 Å². The molecule has 0 unspecified atom stereocenters. The van der Waals surface area contributed by atoms with Crippen molar-refractivity contribution in [3.63, 3.8) is 0 Å². The van der Waals surface area contributed by atoms with Gasteiger partial charge < -0.3 is 0 Å². The fourth-order valence-electron chi connectivity index (χ4n) is 2.72. The monoisotopic (exact) mass is 414 g/mol. The second kappa shape index (κ2) is 6.39. The lowest BCUT2D eigenvalue weighted by Gasteiger charge is -2.15. The Labute approximate surface area is 148 Å². The van der Waals surface area contributed by atoms with Crippen LogP contribution >= 0.6 is 31.9 Å². The molecule has 0 radical (unpaired) electrons. The van der Waals surface area contributed by atoms with Crippen molar-refractivity contribution in [2.75, 3.05) is 0 Å². The molecule has 0 spiro atoms. The zero-order valence-corrected chi connectivity index (χ0v) is 15.7. The van der Waals surface area contributed by atoms with Crippen LogP contribution in [0.25, 0.3) is 22.3 Å². The zero-order chi connectivity index (χ0) is 15.7. The lowest BCUT2D eigenvalue weighted by Crippen LogP contribution is -1.90. The molecule has 0 N–H and O–H groups in total. The van der Waals surface area contributed by atoms with Crippen LogP contribution in [0.5, 0.6) is 0 Å². The molecular weight excluding hydrogens is 400 g/mol. The summed E-state index contributed by atoms with van der Waals surface area (Å²) < 4.78 is 2.22. The van der Waals surface area contributed by atoms with Gasteiger partial charge in [0.1, 0.15) is 0 Å². The van der Waals surface area contributed by atoms with Crippen molar-refractivity contribution in [2.24, 2.45) is 0 Å². The van der Waals surface area contributed by atoms with Crippen LogP contribution in [0.4, 0.5) is 0 Å². The van der Waals surface area contributed by atoms with E-state index < -0.39 is 0 Å². The van der Waals surface area contributed by atoms with Crippen LogP contribution in [-0.2, 0) is 0 Å². The largest absolute Gasteiger partial charge is 0.0614 e. The van der Waals surface area contributed by atoms with E-state index >= 15 is 0 Å². The first-order valence-electron chi connectivity index (χ1n) is 7.18. The Morgan fingerprint density at radius 3 is 1.36 bits per heavy atom. The van der Waals surface area contributed by atoms with Crippen LogP contribution in [0.3, 0.4) is 0 Å². The number of halogens is 2. The summed E-state index contributed by atoms with van der Waals surface area (Å²) in [6.07, 6.45) is 0. The van der Waals surface area contributed by atoms with Gasteiger partial charge in [0, 0.05) is 20.1 Å². The number of hydrogen-bond acceptors (Lipinski definition) is 0. The van der Waals surface area contributed by atoms with Crippen LogP contribution in [0.2, 0.25) is 0 Å². The number of rotatable bonds is 2. The Kier molecular flexibility index (Phi) is 4.51. The van der Waals surface area contributed by atoms with Crippen molar-refractivity contribution in [2.45, 2.75) is 13.8 Å². The van der Waals surface area contributed by atoms with Crippen LogP contribution < -0.4 is 0 Å². The highest BCUT2D eigenvalue weighted by atomic mass is 79.9. The molecule has 110 valence electrons. The smallest absolute Gasteiger partial charge is 0.0260 e. The molecule has 0 atom stereocenters. The summed E-state index contributed by atoms with van der Waals surface area (Å²) in [6, 6.07) is 21.5. The first-order valence-corrected chi connectivity index (χ1v) is 8.77. The Hall–Kier alpha value is -1.38. The average molecular weight is 416 g/mol. The molecule has 0 saturated heterocycles. The maximum atomic E-state index is 3.74. The van der Waals surface area contributed by atoms with E-state index in [2.05, 4.69) is 106 Å². The molecule has 0 saturated carbocycles. The second-order valence-electron chi connectivity index (χ2n) is 5.52. The van der Waals surface area contributed by atoms with E-state index in [9.17, 15) is 0 Å². The molecule has 3 rings (SSSR count). The SMILES string of the molecule is Cc1cccc(-c2c(Br)ccc(Br)c2-c2cccc(C)c2)c1. The Morgan fingerprint density at radius 2 is 1.00 bits per heavy atom. The highest BCUT2D eigenvalue weighted by Crippen LogP contribution is 2.42. The van der Waals surface area contributed by atoms with E-state index in [1.54, 1.807) is 0 Å². The zero-order valence-electron chi connectivity index (χ0n) is 12.5. The molecule has 22 heavy (non-hydrogen) atoms. The normalized spacial score (nSPS) is 10.7. The van der Waals surface area contributed by atoms with Crippen LogP contribution in [-0.4, -0.2) is 0 Å². The van der Waals surface area contributed by atoms with Gasteiger partial charge in [0.25, 0.3) is 0 Å². The third-order valence-corrected chi connectivity index (χ3v) is 5.04. The van der Waals surface area contributed by atoms with Crippen molar-refractivity contribution in [1.29, 1.82) is 0 Å². The van der Waals surface area contributed by atoms with E-state index in [0.717, 1.165) is 8.95 Å². The molecule has 0 bridgehead atoms. The molecule has 3 aromatic rings. The van der Waals surface area contributed by atoms with Gasteiger partial charge in [0.2, 0.25) is 0 Å². The van der Waals surface area contributed by atoms with E-state index in [-0.39, 0.29) is 0 Å². The summed E-state index contributed by atoms with van der Waals surface area (Å²) in [5.41, 5.74) is 7.43. The van der Waals surface area contributed by atoms with Crippen molar-refractivity contribution in [3.8, 4) is 22.3 Å². The van der Waals surface area contributed by atoms with E-state index in [4.69, 9.17) is 0 Å². The molecule has 2 heteroatoms. The lowest BCUT2D eigenvalue weighted by molar-refractivity contribution is 1.44. The highest BCUT2D eigenvalue weighted by Gasteiger charge is 2.15. The van der Waals surface area contributed by atoms with E-state index in [1.165, 1.54) is 33.4 Å². The minimum absolute atomic E-state index is 1.11. The summed E-state index contributed by atoms with van der Waals surface area (Å²) in [6.45, 7) is 4.25. The summed E-state index contributed by atoms with van der Waals surface area (Å²) in [4.78, 5) is 0. The van der Waals surface area contributed by atoms with Gasteiger partial charge in [-0.1, -0.05) is 91.5 Å². The summed E-state index contributed by atoms with van der Waals surface area (Å²) >= 11 is 7.48. The molecule has 0 nitrogen and oxygen atoms in total. The van der Waals surface area contributed by atoms with Crippen molar-refractivity contribution < 1.29 is 0 Å². The Balaban J connectivity index is 2.33. The predicted octanol–water partition coefficient (Wildman–Crippen LogP) is 7.16. The van der Waals surface area contributed by atoms with Gasteiger partial charge in [0.05, 0.1) is 0 Å². The van der Waals surface area contributed by atoms with Gasteiger partial charge in [-0.25, -0.2) is 0 Å². The Morgan fingerprint density at radius 1 is 0.591 bits per heavy atom. The molecule has 0 aromatic heterocycles. The minimum Gasteiger partial charge on any atom is -0.0614 e. The first kappa shape index (κ1) is 15.5. The standard InChI is InChI=1S/C20H16Br2/c1-13-5-3-7-15(11-13)19-17(21)9-10-18(22)20(19)16-8-4-6-14(2)12-16/h3-12H,1-2H3. The highest BCUT2D eigenvalue weighted by molar-refractivity contribution is 9.11. The number of hydrogen-bond donors (Lipinski definition) is 0. The van der Waals surface area contributed by atoms with Crippen LogP contribution in [0.15, 0.2) is 69.6 Å². The van der Waals surface area contributed by atoms with Gasteiger partial charge >= 0.3 is 0 Å².